The highest BCUT2D eigenvalue weighted by Gasteiger charge is 2.19. The van der Waals surface area contributed by atoms with Crippen LogP contribution in [0.5, 0.6) is 0 Å². The fourth-order valence-electron chi connectivity index (χ4n) is 1.30. The summed E-state index contributed by atoms with van der Waals surface area (Å²) in [4.78, 5) is 3.92. The first-order valence-corrected chi connectivity index (χ1v) is 6.89. The van der Waals surface area contributed by atoms with Crippen molar-refractivity contribution in [1.82, 2.24) is 4.98 Å². The molecule has 0 saturated carbocycles. The summed E-state index contributed by atoms with van der Waals surface area (Å²) in [5, 5.41) is 8.59. The lowest BCUT2D eigenvalue weighted by Gasteiger charge is -2.14. The molecule has 1 rings (SSSR count). The van der Waals surface area contributed by atoms with Crippen molar-refractivity contribution in [2.75, 3.05) is 5.75 Å². The molecule has 2 unspecified atom stereocenters. The quantitative estimate of drug-likeness (QED) is 0.618. The summed E-state index contributed by atoms with van der Waals surface area (Å²) in [6.45, 7) is 3.53. The van der Waals surface area contributed by atoms with Crippen LogP contribution in [0.15, 0.2) is 22.7 Å². The summed E-state index contributed by atoms with van der Waals surface area (Å²) >= 11 is 5.67. The van der Waals surface area contributed by atoms with E-state index in [1.807, 2.05) is 0 Å². The van der Waals surface area contributed by atoms with Crippen LogP contribution in [-0.4, -0.2) is 14.9 Å². The molecule has 1 aromatic heterocycles. The third kappa shape index (κ3) is 2.71. The van der Waals surface area contributed by atoms with E-state index in [-0.39, 0.29) is 5.25 Å². The van der Waals surface area contributed by atoms with Crippen molar-refractivity contribution in [2.24, 2.45) is 4.36 Å². The Balaban J connectivity index is 3.16. The third-order valence-corrected chi connectivity index (χ3v) is 5.20. The van der Waals surface area contributed by atoms with Crippen molar-refractivity contribution in [2.45, 2.75) is 19.1 Å². The second-order valence-corrected chi connectivity index (χ2v) is 6.46. The van der Waals surface area contributed by atoms with Crippen molar-refractivity contribution < 1.29 is 4.21 Å². The predicted octanol–water partition coefficient (Wildman–Crippen LogP) is 2.76. The summed E-state index contributed by atoms with van der Waals surface area (Å²) in [5.41, 5.74) is 0.773. The van der Waals surface area contributed by atoms with Crippen LogP contribution < -0.4 is 0 Å². The molecule has 0 radical (unpaired) electrons. The van der Waals surface area contributed by atoms with Crippen molar-refractivity contribution in [3.05, 3.63) is 29.0 Å². The lowest BCUT2D eigenvalue weighted by atomic mass is 10.2. The highest BCUT2D eigenvalue weighted by Crippen LogP contribution is 2.24. The molecule has 0 aliphatic carbocycles. The van der Waals surface area contributed by atoms with Gasteiger partial charge in [0.2, 0.25) is 6.19 Å². The van der Waals surface area contributed by atoms with E-state index in [4.69, 9.17) is 16.9 Å². The largest absolute Gasteiger partial charge is 0.248 e. The van der Waals surface area contributed by atoms with Gasteiger partial charge in [-0.15, -0.1) is 4.36 Å². The maximum Gasteiger partial charge on any atom is 0.214 e. The van der Waals surface area contributed by atoms with Crippen LogP contribution in [0, 0.1) is 11.5 Å². The maximum absolute atomic E-state index is 12.3. The van der Waals surface area contributed by atoms with Gasteiger partial charge in [-0.1, -0.05) is 24.6 Å². The summed E-state index contributed by atoms with van der Waals surface area (Å²) < 4.78 is 15.8. The number of rotatable bonds is 3. The van der Waals surface area contributed by atoms with Crippen molar-refractivity contribution in [1.29, 1.82) is 5.26 Å². The molecular weight excluding hydrogens is 246 g/mol. The van der Waals surface area contributed by atoms with E-state index < -0.39 is 9.73 Å². The minimum absolute atomic E-state index is 0.332. The van der Waals surface area contributed by atoms with E-state index in [9.17, 15) is 4.21 Å². The first-order chi connectivity index (χ1) is 7.53. The van der Waals surface area contributed by atoms with Gasteiger partial charge in [-0.05, 0) is 18.6 Å². The molecule has 0 aliphatic heterocycles. The van der Waals surface area contributed by atoms with Crippen LogP contribution in [-0.2, 0) is 9.73 Å². The van der Waals surface area contributed by atoms with Gasteiger partial charge in [0.25, 0.3) is 0 Å². The van der Waals surface area contributed by atoms with E-state index in [1.54, 1.807) is 38.4 Å². The minimum atomic E-state index is -2.54. The first kappa shape index (κ1) is 12.9. The van der Waals surface area contributed by atoms with E-state index in [0.29, 0.717) is 10.9 Å². The molecule has 0 fully saturated rings. The lowest BCUT2D eigenvalue weighted by Crippen LogP contribution is -2.12. The number of nitriles is 1. The van der Waals surface area contributed by atoms with Crippen molar-refractivity contribution in [3.8, 4) is 6.19 Å². The third-order valence-electron chi connectivity index (χ3n) is 2.38. The molecule has 16 heavy (non-hydrogen) atoms. The molecule has 0 aliphatic rings. The normalized spacial score (nSPS) is 15.9. The number of nitrogens with zero attached hydrogens (tertiary/aromatic N) is 3. The fourth-order valence-corrected chi connectivity index (χ4v) is 2.90. The Morgan fingerprint density at radius 1 is 1.69 bits per heavy atom. The zero-order valence-electron chi connectivity index (χ0n) is 9.05. The van der Waals surface area contributed by atoms with Crippen molar-refractivity contribution in [3.63, 3.8) is 0 Å². The van der Waals surface area contributed by atoms with E-state index >= 15 is 0 Å². The van der Waals surface area contributed by atoms with E-state index in [1.165, 1.54) is 0 Å². The van der Waals surface area contributed by atoms with Gasteiger partial charge in [-0.3, -0.25) is 0 Å². The Bertz CT molecular complexity index is 512. The Kier molecular flexibility index (Phi) is 4.27. The number of aromatic nitrogens is 1. The van der Waals surface area contributed by atoms with Gasteiger partial charge in [0.1, 0.15) is 5.15 Å². The highest BCUT2D eigenvalue weighted by molar-refractivity contribution is 7.93. The average molecular weight is 258 g/mol. The second kappa shape index (κ2) is 5.28. The predicted molar refractivity (Wildman–Crippen MR) is 64.4 cm³/mol. The number of hydrogen-bond donors (Lipinski definition) is 0. The molecule has 1 heterocycles. The van der Waals surface area contributed by atoms with E-state index in [0.717, 1.165) is 5.56 Å². The standard InChI is InChI=1S/C10H12ClN3OS/c1-3-16(15,14-7-12)8(2)9-4-5-10(11)13-6-9/h4-6,8H,3H2,1-2H3. The van der Waals surface area contributed by atoms with Crippen LogP contribution in [0.1, 0.15) is 24.7 Å². The molecule has 0 aromatic carbocycles. The molecule has 0 spiro atoms. The molecule has 2 atom stereocenters. The maximum atomic E-state index is 12.3. The topological polar surface area (TPSA) is 66.1 Å². The summed E-state index contributed by atoms with van der Waals surface area (Å²) in [5.74, 6) is 0.338. The molecule has 4 nitrogen and oxygen atoms in total. The van der Waals surface area contributed by atoms with Crippen LogP contribution in [0.25, 0.3) is 0 Å². The SMILES string of the molecule is CCS(=O)(=NC#N)C(C)c1ccc(Cl)nc1. The first-order valence-electron chi connectivity index (χ1n) is 4.76. The molecule has 0 bridgehead atoms. The molecular formula is C10H12ClN3OS. The fraction of sp³-hybridized carbons (Fsp3) is 0.400. The second-order valence-electron chi connectivity index (χ2n) is 3.23. The van der Waals surface area contributed by atoms with Crippen LogP contribution in [0.2, 0.25) is 5.15 Å². The van der Waals surface area contributed by atoms with Gasteiger partial charge in [-0.25, -0.2) is 9.19 Å². The number of halogens is 1. The summed E-state index contributed by atoms with van der Waals surface area (Å²) in [6, 6.07) is 3.39. The van der Waals surface area contributed by atoms with Gasteiger partial charge in [0.15, 0.2) is 0 Å². The van der Waals surface area contributed by atoms with Gasteiger partial charge in [0, 0.05) is 11.9 Å². The average Bonchev–Trinajstić information content (AvgIpc) is 2.29. The molecule has 86 valence electrons. The van der Waals surface area contributed by atoms with Crippen LogP contribution in [0.4, 0.5) is 0 Å². The molecule has 6 heteroatoms. The summed E-state index contributed by atoms with van der Waals surface area (Å²) in [6.07, 6.45) is 3.19. The van der Waals surface area contributed by atoms with E-state index in [2.05, 4.69) is 9.35 Å². The van der Waals surface area contributed by atoms with Crippen LogP contribution >= 0.6 is 11.6 Å². The zero-order valence-corrected chi connectivity index (χ0v) is 10.6. The summed E-state index contributed by atoms with van der Waals surface area (Å²) in [7, 11) is -2.54. The highest BCUT2D eigenvalue weighted by atomic mass is 35.5. The van der Waals surface area contributed by atoms with Gasteiger partial charge >= 0.3 is 0 Å². The van der Waals surface area contributed by atoms with Gasteiger partial charge < -0.3 is 0 Å². The zero-order chi connectivity index (χ0) is 12.2. The molecule has 1 aromatic rings. The molecule has 0 amide bonds. The van der Waals surface area contributed by atoms with Crippen LogP contribution in [0.3, 0.4) is 0 Å². The Hall–Kier alpha value is -1.12. The molecule has 0 N–H and O–H groups in total. The minimum Gasteiger partial charge on any atom is -0.248 e. The van der Waals surface area contributed by atoms with Crippen molar-refractivity contribution >= 4 is 21.3 Å². The lowest BCUT2D eigenvalue weighted by molar-refractivity contribution is 0.669. The molecule has 0 saturated heterocycles. The van der Waals surface area contributed by atoms with Gasteiger partial charge in [0.05, 0.1) is 15.0 Å². The number of hydrogen-bond acceptors (Lipinski definition) is 4. The monoisotopic (exact) mass is 257 g/mol. The Morgan fingerprint density at radius 3 is 2.81 bits per heavy atom. The Morgan fingerprint density at radius 2 is 2.38 bits per heavy atom. The van der Waals surface area contributed by atoms with Gasteiger partial charge in [-0.2, -0.15) is 5.26 Å². The Labute approximate surface area is 100 Å². The number of pyridine rings is 1. The smallest absolute Gasteiger partial charge is 0.214 e.